The van der Waals surface area contributed by atoms with Gasteiger partial charge in [0.2, 0.25) is 0 Å². The second-order valence-electron chi connectivity index (χ2n) is 5.53. The summed E-state index contributed by atoms with van der Waals surface area (Å²) in [4.78, 5) is 59.3. The number of aromatic amines is 1. The Kier molecular flexibility index (Phi) is 5.93. The molecule has 26 heavy (non-hydrogen) atoms. The Morgan fingerprint density at radius 1 is 1.08 bits per heavy atom. The summed E-state index contributed by atoms with van der Waals surface area (Å²) in [7, 11) is 0. The predicted octanol–water partition coefficient (Wildman–Crippen LogP) is -1.14. The molecular weight excluding hydrogens is 352 g/mol. The van der Waals surface area contributed by atoms with Crippen LogP contribution in [0.5, 0.6) is 0 Å². The molecule has 1 aromatic heterocycles. The number of hydrogen-bond donors (Lipinski definition) is 1. The lowest BCUT2D eigenvalue weighted by Crippen LogP contribution is -2.42. The van der Waals surface area contributed by atoms with Gasteiger partial charge in [0.1, 0.15) is 12.7 Å². The Bertz CT molecular complexity index is 812. The smallest absolute Gasteiger partial charge is 0.330 e. The van der Waals surface area contributed by atoms with Crippen molar-refractivity contribution in [2.75, 3.05) is 6.61 Å². The van der Waals surface area contributed by atoms with Crippen molar-refractivity contribution in [1.82, 2.24) is 9.55 Å². The Labute approximate surface area is 146 Å². The van der Waals surface area contributed by atoms with Gasteiger partial charge >= 0.3 is 23.6 Å². The molecule has 2 heterocycles. The topological polar surface area (TPSA) is 143 Å². The van der Waals surface area contributed by atoms with Gasteiger partial charge in [-0.1, -0.05) is 0 Å². The molecule has 0 aromatic carbocycles. The molecule has 1 saturated heterocycles. The van der Waals surface area contributed by atoms with Crippen molar-refractivity contribution in [2.45, 2.75) is 45.3 Å². The highest BCUT2D eigenvalue weighted by Crippen LogP contribution is 2.33. The average Bonchev–Trinajstić information content (AvgIpc) is 2.82. The number of hydrogen-bond acceptors (Lipinski definition) is 9. The first-order valence-electron chi connectivity index (χ1n) is 7.63. The maximum atomic E-state index is 12.1. The third-order valence-electron chi connectivity index (χ3n) is 3.47. The fourth-order valence-electron chi connectivity index (χ4n) is 2.54. The molecular formula is C15H18N2O9. The molecule has 0 amide bonds. The summed E-state index contributed by atoms with van der Waals surface area (Å²) in [6.45, 7) is 3.17. The van der Waals surface area contributed by atoms with Gasteiger partial charge in [0, 0.05) is 33.0 Å². The SMILES string of the molecule is CC(=O)OC[C@H]1O[C@H](n2ccc(=O)[nH]c2=O)[C@@H](OC(C)=O)[C@@H]1OC(C)=O. The Morgan fingerprint density at radius 2 is 1.69 bits per heavy atom. The molecule has 1 aromatic rings. The molecule has 11 nitrogen and oxygen atoms in total. The van der Waals surface area contributed by atoms with E-state index in [9.17, 15) is 24.0 Å². The molecule has 11 heteroatoms. The van der Waals surface area contributed by atoms with Crippen molar-refractivity contribution in [1.29, 1.82) is 0 Å². The van der Waals surface area contributed by atoms with Crippen molar-refractivity contribution >= 4 is 17.9 Å². The summed E-state index contributed by atoms with van der Waals surface area (Å²) in [6, 6.07) is 1.08. The van der Waals surface area contributed by atoms with Gasteiger partial charge in [0.15, 0.2) is 18.4 Å². The lowest BCUT2D eigenvalue weighted by atomic mass is 10.1. The molecule has 1 fully saturated rings. The van der Waals surface area contributed by atoms with E-state index in [1.807, 2.05) is 4.98 Å². The second kappa shape index (κ2) is 7.95. The first-order chi connectivity index (χ1) is 12.2. The van der Waals surface area contributed by atoms with E-state index in [4.69, 9.17) is 18.9 Å². The normalized spacial score (nSPS) is 24.7. The molecule has 1 aliphatic rings. The number of nitrogens with one attached hydrogen (secondary N) is 1. The van der Waals surface area contributed by atoms with E-state index in [-0.39, 0.29) is 6.61 Å². The van der Waals surface area contributed by atoms with Crippen LogP contribution < -0.4 is 11.2 Å². The monoisotopic (exact) mass is 370 g/mol. The van der Waals surface area contributed by atoms with Crippen LogP contribution in [0.1, 0.15) is 27.0 Å². The highest BCUT2D eigenvalue weighted by Gasteiger charge is 2.50. The zero-order valence-electron chi connectivity index (χ0n) is 14.3. The zero-order valence-corrected chi connectivity index (χ0v) is 14.3. The van der Waals surface area contributed by atoms with Crippen LogP contribution in [0.4, 0.5) is 0 Å². The summed E-state index contributed by atoms with van der Waals surface area (Å²) < 4.78 is 21.9. The summed E-state index contributed by atoms with van der Waals surface area (Å²) in [5.41, 5.74) is -1.43. The number of esters is 3. The molecule has 0 unspecified atom stereocenters. The highest BCUT2D eigenvalue weighted by atomic mass is 16.7. The van der Waals surface area contributed by atoms with Crippen LogP contribution in [0, 0.1) is 0 Å². The molecule has 0 radical (unpaired) electrons. The zero-order chi connectivity index (χ0) is 19.4. The van der Waals surface area contributed by atoms with Crippen LogP contribution in [0.15, 0.2) is 21.9 Å². The lowest BCUT2D eigenvalue weighted by Gasteiger charge is -2.23. The third kappa shape index (κ3) is 4.57. The van der Waals surface area contributed by atoms with E-state index in [0.717, 1.165) is 30.7 Å². The van der Waals surface area contributed by atoms with E-state index >= 15 is 0 Å². The number of carbonyl (C=O) groups is 3. The van der Waals surface area contributed by atoms with Crippen LogP contribution in [0.25, 0.3) is 0 Å². The predicted molar refractivity (Wildman–Crippen MR) is 83.0 cm³/mol. The molecule has 142 valence electrons. The van der Waals surface area contributed by atoms with E-state index in [1.165, 1.54) is 6.92 Å². The Hall–Kier alpha value is -2.95. The van der Waals surface area contributed by atoms with Gasteiger partial charge in [-0.3, -0.25) is 28.7 Å². The van der Waals surface area contributed by atoms with Crippen LogP contribution in [0.2, 0.25) is 0 Å². The quantitative estimate of drug-likeness (QED) is 0.502. The van der Waals surface area contributed by atoms with Gasteiger partial charge in [-0.15, -0.1) is 0 Å². The van der Waals surface area contributed by atoms with Gasteiger partial charge in [-0.25, -0.2) is 4.79 Å². The minimum atomic E-state index is -1.20. The van der Waals surface area contributed by atoms with E-state index < -0.39 is 53.7 Å². The molecule has 0 saturated carbocycles. The van der Waals surface area contributed by atoms with Crippen molar-refractivity contribution < 1.29 is 33.3 Å². The molecule has 2 rings (SSSR count). The fourth-order valence-corrected chi connectivity index (χ4v) is 2.54. The Morgan fingerprint density at radius 3 is 2.23 bits per heavy atom. The van der Waals surface area contributed by atoms with Crippen molar-refractivity contribution in [3.05, 3.63) is 33.1 Å². The maximum absolute atomic E-state index is 12.1. The molecule has 0 aliphatic carbocycles. The average molecular weight is 370 g/mol. The second-order valence-corrected chi connectivity index (χ2v) is 5.53. The standard InChI is InChI=1S/C15H18N2O9/c1-7(18)23-6-10-12(24-8(2)19)13(25-9(3)20)14(26-10)17-5-4-11(21)16-15(17)22/h4-5,10,12-14H,6H2,1-3H3,(H,16,21,22)/t10-,12-,13+,14+/m1/s1. The minimum Gasteiger partial charge on any atom is -0.463 e. The first kappa shape index (κ1) is 19.4. The molecule has 1 N–H and O–H groups in total. The summed E-state index contributed by atoms with van der Waals surface area (Å²) >= 11 is 0. The minimum absolute atomic E-state index is 0.292. The van der Waals surface area contributed by atoms with Crippen LogP contribution >= 0.6 is 0 Å². The lowest BCUT2D eigenvalue weighted by molar-refractivity contribution is -0.166. The Balaban J connectivity index is 2.41. The molecule has 0 bridgehead atoms. The number of ether oxygens (including phenoxy) is 4. The first-order valence-corrected chi connectivity index (χ1v) is 7.63. The summed E-state index contributed by atoms with van der Waals surface area (Å²) in [6.07, 6.45) is -3.36. The largest absolute Gasteiger partial charge is 0.463 e. The van der Waals surface area contributed by atoms with Crippen molar-refractivity contribution in [3.8, 4) is 0 Å². The molecule has 1 aliphatic heterocycles. The maximum Gasteiger partial charge on any atom is 0.330 e. The number of carbonyl (C=O) groups excluding carboxylic acids is 3. The summed E-state index contributed by atoms with van der Waals surface area (Å²) in [5.74, 6) is -1.98. The number of H-pyrrole nitrogens is 1. The molecule has 0 spiro atoms. The molecule has 4 atom stereocenters. The number of rotatable bonds is 5. The van der Waals surface area contributed by atoms with Crippen LogP contribution in [-0.4, -0.2) is 52.4 Å². The van der Waals surface area contributed by atoms with Gasteiger partial charge in [-0.05, 0) is 0 Å². The third-order valence-corrected chi connectivity index (χ3v) is 3.47. The number of nitrogens with zero attached hydrogens (tertiary/aromatic N) is 1. The fraction of sp³-hybridized carbons (Fsp3) is 0.533. The van der Waals surface area contributed by atoms with Gasteiger partial charge in [0.25, 0.3) is 5.56 Å². The van der Waals surface area contributed by atoms with Gasteiger partial charge < -0.3 is 18.9 Å². The highest BCUT2D eigenvalue weighted by molar-refractivity contribution is 5.67. The summed E-state index contributed by atoms with van der Waals surface area (Å²) in [5, 5.41) is 0. The van der Waals surface area contributed by atoms with Crippen LogP contribution in [-0.2, 0) is 33.3 Å². The number of aromatic nitrogens is 2. The van der Waals surface area contributed by atoms with E-state index in [2.05, 4.69) is 0 Å². The van der Waals surface area contributed by atoms with Crippen molar-refractivity contribution in [2.24, 2.45) is 0 Å². The van der Waals surface area contributed by atoms with E-state index in [1.54, 1.807) is 0 Å². The van der Waals surface area contributed by atoms with Gasteiger partial charge in [0.05, 0.1) is 0 Å². The van der Waals surface area contributed by atoms with Gasteiger partial charge in [-0.2, -0.15) is 0 Å². The van der Waals surface area contributed by atoms with Crippen molar-refractivity contribution in [3.63, 3.8) is 0 Å². The van der Waals surface area contributed by atoms with Crippen LogP contribution in [0.3, 0.4) is 0 Å². The van der Waals surface area contributed by atoms with E-state index in [0.29, 0.717) is 0 Å².